The highest BCUT2D eigenvalue weighted by atomic mass is 16.7. The fourth-order valence-corrected chi connectivity index (χ4v) is 6.81. The van der Waals surface area contributed by atoms with Crippen LogP contribution in [-0.2, 0) is 33.3 Å². The van der Waals surface area contributed by atoms with Crippen LogP contribution < -0.4 is 0 Å². The molecule has 0 aromatic heterocycles. The lowest BCUT2D eigenvalue weighted by molar-refractivity contribution is -0.870. The molecule has 9 nitrogen and oxygen atoms in total. The minimum absolute atomic E-state index is 0.185. The summed E-state index contributed by atoms with van der Waals surface area (Å²) in [6, 6.07) is 0. The maximum atomic E-state index is 12.8. The molecule has 0 heterocycles. The molecule has 2 atom stereocenters. The smallest absolute Gasteiger partial charge is 0.361 e. The average molecular weight is 887 g/mol. The quantitative estimate of drug-likeness (QED) is 0.0212. The number of carboxylic acid groups (broad SMARTS) is 1. The largest absolute Gasteiger partial charge is 0.477 e. The molecule has 0 aliphatic carbocycles. The Morgan fingerprint density at radius 3 is 1.37 bits per heavy atom. The van der Waals surface area contributed by atoms with Crippen LogP contribution in [0.15, 0.2) is 60.8 Å². The summed E-state index contributed by atoms with van der Waals surface area (Å²) in [4.78, 5) is 37.2. The summed E-state index contributed by atoms with van der Waals surface area (Å²) in [6.07, 6.45) is 53.0. The molecule has 2 unspecified atom stereocenters. The third-order valence-electron chi connectivity index (χ3n) is 10.8. The standard InChI is InChI=1S/C54H95NO8/c1-6-8-10-12-14-16-18-19-20-21-22-23-24-25-26-27-28-29-30-31-32-33-35-37-39-41-43-45-52(57)63-50(49-62-54(53(58)59)60-47-46-55(3,4)5)48-61-51(56)44-42-40-38-36-34-17-15-13-11-9-7-2/h8,10,13-16,19-20,22-23,50,54H,6-7,9,11-12,17-18,21,24-49H2,1-5H3/p+1/b10-8-,15-13-,16-14-,20-19-,23-22-. The van der Waals surface area contributed by atoms with Crippen molar-refractivity contribution in [1.82, 2.24) is 0 Å². The summed E-state index contributed by atoms with van der Waals surface area (Å²) in [6.45, 7) is 4.71. The Morgan fingerprint density at radius 1 is 0.492 bits per heavy atom. The molecule has 0 fully saturated rings. The van der Waals surface area contributed by atoms with Crippen LogP contribution in [0.25, 0.3) is 0 Å². The summed E-state index contributed by atoms with van der Waals surface area (Å²) < 4.78 is 22.8. The second kappa shape index (κ2) is 45.6. The molecule has 0 amide bonds. The highest BCUT2D eigenvalue weighted by molar-refractivity contribution is 5.71. The number of ether oxygens (including phenoxy) is 4. The molecular weight excluding hydrogens is 791 g/mol. The predicted molar refractivity (Wildman–Crippen MR) is 263 cm³/mol. The number of aliphatic carboxylic acids is 1. The molecular formula is C54H96NO8+. The van der Waals surface area contributed by atoms with Crippen molar-refractivity contribution in [2.75, 3.05) is 47.5 Å². The van der Waals surface area contributed by atoms with Crippen LogP contribution in [0.2, 0.25) is 0 Å². The molecule has 0 saturated heterocycles. The Labute approximate surface area is 386 Å². The van der Waals surface area contributed by atoms with E-state index >= 15 is 0 Å². The van der Waals surface area contributed by atoms with E-state index in [0.717, 1.165) is 89.9 Å². The minimum Gasteiger partial charge on any atom is -0.477 e. The van der Waals surface area contributed by atoms with Gasteiger partial charge in [0.2, 0.25) is 0 Å². The summed E-state index contributed by atoms with van der Waals surface area (Å²) in [5, 5.41) is 9.65. The molecule has 9 heteroatoms. The number of quaternary nitrogens is 1. The Morgan fingerprint density at radius 2 is 0.905 bits per heavy atom. The van der Waals surface area contributed by atoms with Gasteiger partial charge < -0.3 is 28.5 Å². The van der Waals surface area contributed by atoms with Crippen molar-refractivity contribution in [2.24, 2.45) is 0 Å². The van der Waals surface area contributed by atoms with Gasteiger partial charge in [0.25, 0.3) is 6.29 Å². The fraction of sp³-hybridized carbons (Fsp3) is 0.759. The van der Waals surface area contributed by atoms with Gasteiger partial charge in [-0.25, -0.2) is 4.79 Å². The number of carbonyl (C=O) groups excluding carboxylic acids is 2. The van der Waals surface area contributed by atoms with E-state index in [2.05, 4.69) is 74.6 Å². The number of hydrogen-bond acceptors (Lipinski definition) is 7. The average Bonchev–Trinajstić information content (AvgIpc) is 3.24. The summed E-state index contributed by atoms with van der Waals surface area (Å²) in [7, 11) is 5.95. The van der Waals surface area contributed by atoms with Gasteiger partial charge in [-0.2, -0.15) is 0 Å². The second-order valence-corrected chi connectivity index (χ2v) is 18.1. The molecule has 0 rings (SSSR count). The number of unbranched alkanes of at least 4 members (excludes halogenated alkanes) is 21. The zero-order valence-electron chi connectivity index (χ0n) is 41.2. The normalized spacial score (nSPS) is 13.3. The summed E-state index contributed by atoms with van der Waals surface area (Å²) in [5.41, 5.74) is 0. The molecule has 0 saturated carbocycles. The van der Waals surface area contributed by atoms with Gasteiger partial charge in [0.1, 0.15) is 13.2 Å². The highest BCUT2D eigenvalue weighted by Gasteiger charge is 2.25. The molecule has 0 aliphatic heterocycles. The third-order valence-corrected chi connectivity index (χ3v) is 10.8. The molecule has 1 N–H and O–H groups in total. The first-order chi connectivity index (χ1) is 30.6. The van der Waals surface area contributed by atoms with Crippen molar-refractivity contribution in [2.45, 2.75) is 219 Å². The number of allylic oxidation sites excluding steroid dienone is 10. The number of hydrogen-bond donors (Lipinski definition) is 1. The molecule has 364 valence electrons. The second-order valence-electron chi connectivity index (χ2n) is 18.1. The number of esters is 2. The van der Waals surface area contributed by atoms with E-state index < -0.39 is 24.3 Å². The van der Waals surface area contributed by atoms with E-state index in [0.29, 0.717) is 17.4 Å². The van der Waals surface area contributed by atoms with Gasteiger partial charge in [0.05, 0.1) is 34.4 Å². The van der Waals surface area contributed by atoms with Crippen LogP contribution in [0.5, 0.6) is 0 Å². The first-order valence-electron chi connectivity index (χ1n) is 25.5. The van der Waals surface area contributed by atoms with Crippen LogP contribution in [-0.4, -0.2) is 87.4 Å². The SMILES string of the molecule is CC/C=C\C/C=C\C/C=C\C/C=C\CCCCCCCCCCCCCCCCC(=O)OC(COC(=O)CCCCCCC/C=C\CCCC)COC(OCC[N+](C)(C)C)C(=O)O. The van der Waals surface area contributed by atoms with Crippen molar-refractivity contribution >= 4 is 17.9 Å². The number of likely N-dealkylation sites (N-methyl/N-ethyl adjacent to an activating group) is 1. The third kappa shape index (κ3) is 46.8. The predicted octanol–water partition coefficient (Wildman–Crippen LogP) is 14.1. The zero-order valence-corrected chi connectivity index (χ0v) is 41.2. The summed E-state index contributed by atoms with van der Waals surface area (Å²) >= 11 is 0. The van der Waals surface area contributed by atoms with Gasteiger partial charge in [-0.15, -0.1) is 0 Å². The van der Waals surface area contributed by atoms with Crippen molar-refractivity contribution in [1.29, 1.82) is 0 Å². The first-order valence-corrected chi connectivity index (χ1v) is 25.5. The monoisotopic (exact) mass is 887 g/mol. The molecule has 0 aromatic rings. The van der Waals surface area contributed by atoms with Gasteiger partial charge in [-0.3, -0.25) is 9.59 Å². The van der Waals surface area contributed by atoms with E-state index in [4.69, 9.17) is 18.9 Å². The van der Waals surface area contributed by atoms with Crippen molar-refractivity contribution in [3.05, 3.63) is 60.8 Å². The Balaban J connectivity index is 4.21. The van der Waals surface area contributed by atoms with Crippen LogP contribution in [0.1, 0.15) is 206 Å². The van der Waals surface area contributed by atoms with Crippen LogP contribution in [0.4, 0.5) is 0 Å². The number of carbonyl (C=O) groups is 3. The first kappa shape index (κ1) is 60.0. The summed E-state index contributed by atoms with van der Waals surface area (Å²) in [5.74, 6) is -2.02. The topological polar surface area (TPSA) is 108 Å². The Bertz CT molecular complexity index is 1220. The fourth-order valence-electron chi connectivity index (χ4n) is 6.81. The zero-order chi connectivity index (χ0) is 46.3. The molecule has 63 heavy (non-hydrogen) atoms. The van der Waals surface area contributed by atoms with Gasteiger partial charge in [-0.05, 0) is 70.6 Å². The Hall–Kier alpha value is -3.01. The van der Waals surface area contributed by atoms with Gasteiger partial charge in [0.15, 0.2) is 6.10 Å². The van der Waals surface area contributed by atoms with Crippen molar-refractivity contribution < 1.29 is 42.9 Å². The molecule has 0 spiro atoms. The van der Waals surface area contributed by atoms with Gasteiger partial charge in [-0.1, -0.05) is 184 Å². The van der Waals surface area contributed by atoms with Gasteiger partial charge in [0, 0.05) is 12.8 Å². The molecule has 0 aliphatic rings. The lowest BCUT2D eigenvalue weighted by atomic mass is 10.0. The maximum absolute atomic E-state index is 12.8. The van der Waals surface area contributed by atoms with E-state index in [1.165, 1.54) is 89.9 Å². The maximum Gasteiger partial charge on any atom is 0.361 e. The van der Waals surface area contributed by atoms with E-state index in [1.54, 1.807) is 0 Å². The van der Waals surface area contributed by atoms with E-state index in [9.17, 15) is 19.5 Å². The number of rotatable bonds is 46. The Kier molecular flexibility index (Phi) is 43.4. The molecule has 0 aromatic carbocycles. The highest BCUT2D eigenvalue weighted by Crippen LogP contribution is 2.15. The minimum atomic E-state index is -1.51. The van der Waals surface area contributed by atoms with Crippen LogP contribution in [0.3, 0.4) is 0 Å². The van der Waals surface area contributed by atoms with E-state index in [1.807, 2.05) is 21.1 Å². The van der Waals surface area contributed by atoms with Crippen molar-refractivity contribution in [3.8, 4) is 0 Å². The number of nitrogens with zero attached hydrogens (tertiary/aromatic N) is 1. The van der Waals surface area contributed by atoms with Crippen molar-refractivity contribution in [3.63, 3.8) is 0 Å². The van der Waals surface area contributed by atoms with Gasteiger partial charge >= 0.3 is 17.9 Å². The molecule has 0 radical (unpaired) electrons. The van der Waals surface area contributed by atoms with Crippen LogP contribution in [0, 0.1) is 0 Å². The molecule has 0 bridgehead atoms. The lowest BCUT2D eigenvalue weighted by Gasteiger charge is -2.25. The number of carboxylic acids is 1. The van der Waals surface area contributed by atoms with E-state index in [-0.39, 0.29) is 32.2 Å². The lowest BCUT2D eigenvalue weighted by Crippen LogP contribution is -2.40. The van der Waals surface area contributed by atoms with Crippen LogP contribution >= 0.6 is 0 Å².